The second kappa shape index (κ2) is 4.35. The van der Waals surface area contributed by atoms with Crippen LogP contribution in [0.3, 0.4) is 0 Å². The second-order valence-electron chi connectivity index (χ2n) is 3.90. The molecule has 0 unspecified atom stereocenters. The largest absolute Gasteiger partial charge is 0.442 e. The first kappa shape index (κ1) is 11.1. The molecule has 5 nitrogen and oxygen atoms in total. The van der Waals surface area contributed by atoms with Crippen molar-refractivity contribution in [3.8, 4) is 17.7 Å². The number of nitrogens with two attached hydrogens (primary N) is 1. The fraction of sp³-hybridized carbons (Fsp3) is 0. The molecule has 2 aromatic heterocycles. The number of nitrogens with zero attached hydrogens (tertiary/aromatic N) is 2. The minimum Gasteiger partial charge on any atom is -0.442 e. The first-order valence-electron chi connectivity index (χ1n) is 5.59. The Morgan fingerprint density at radius 2 is 2.05 bits per heavy atom. The Kier molecular flexibility index (Phi) is 2.54. The molecule has 0 aliphatic carbocycles. The maximum Gasteiger partial charge on any atom is 0.247 e. The van der Waals surface area contributed by atoms with Crippen molar-refractivity contribution in [2.24, 2.45) is 0 Å². The van der Waals surface area contributed by atoms with E-state index in [9.17, 15) is 0 Å². The molecule has 5 heteroatoms. The van der Waals surface area contributed by atoms with Gasteiger partial charge in [-0.05, 0) is 18.2 Å². The van der Waals surface area contributed by atoms with Gasteiger partial charge in [0.25, 0.3) is 0 Å². The molecule has 0 aliphatic rings. The minimum atomic E-state index is 0.125. The summed E-state index contributed by atoms with van der Waals surface area (Å²) in [5.41, 5.74) is 6.71. The highest BCUT2D eigenvalue weighted by Crippen LogP contribution is 2.35. The van der Waals surface area contributed by atoms with Gasteiger partial charge in [0.2, 0.25) is 11.6 Å². The molecule has 1 aromatic carbocycles. The van der Waals surface area contributed by atoms with E-state index in [-0.39, 0.29) is 5.76 Å². The van der Waals surface area contributed by atoms with Crippen LogP contribution in [0, 0.1) is 11.3 Å². The molecular formula is C14H9N3O2. The van der Waals surface area contributed by atoms with Crippen LogP contribution < -0.4 is 10.5 Å². The lowest BCUT2D eigenvalue weighted by molar-refractivity contribution is 0.450. The number of nitriles is 1. The summed E-state index contributed by atoms with van der Waals surface area (Å²) in [6.07, 6.45) is 1.49. The van der Waals surface area contributed by atoms with E-state index in [1.165, 1.54) is 6.20 Å². The van der Waals surface area contributed by atoms with Crippen LogP contribution in [0.4, 0.5) is 5.69 Å². The quantitative estimate of drug-likeness (QED) is 0.756. The first-order valence-corrected chi connectivity index (χ1v) is 5.59. The van der Waals surface area contributed by atoms with Gasteiger partial charge in [0.15, 0.2) is 5.75 Å². The highest BCUT2D eigenvalue weighted by Gasteiger charge is 2.16. The van der Waals surface area contributed by atoms with Gasteiger partial charge in [0, 0.05) is 6.07 Å². The summed E-state index contributed by atoms with van der Waals surface area (Å²) in [5, 5.41) is 9.81. The number of hydrogen-bond donors (Lipinski definition) is 1. The van der Waals surface area contributed by atoms with E-state index < -0.39 is 0 Å². The first-order chi connectivity index (χ1) is 9.28. The molecule has 0 saturated heterocycles. The zero-order valence-electron chi connectivity index (χ0n) is 9.83. The summed E-state index contributed by atoms with van der Waals surface area (Å²) in [7, 11) is 0. The molecule has 0 spiro atoms. The summed E-state index contributed by atoms with van der Waals surface area (Å²) < 4.78 is 11.0. The maximum atomic E-state index is 9.08. The lowest BCUT2D eigenvalue weighted by atomic mass is 10.2. The van der Waals surface area contributed by atoms with E-state index in [1.54, 1.807) is 18.2 Å². The van der Waals surface area contributed by atoms with E-state index in [2.05, 4.69) is 4.98 Å². The minimum absolute atomic E-state index is 0.125. The number of para-hydroxylation sites is 1. The molecule has 2 heterocycles. The molecule has 0 aliphatic heterocycles. The molecular weight excluding hydrogens is 242 g/mol. The van der Waals surface area contributed by atoms with E-state index in [1.807, 2.05) is 24.3 Å². The van der Waals surface area contributed by atoms with Crippen LogP contribution in [-0.4, -0.2) is 4.98 Å². The highest BCUT2D eigenvalue weighted by molar-refractivity contribution is 5.86. The van der Waals surface area contributed by atoms with Gasteiger partial charge in [-0.1, -0.05) is 12.1 Å². The van der Waals surface area contributed by atoms with Crippen molar-refractivity contribution in [2.45, 2.75) is 0 Å². The van der Waals surface area contributed by atoms with Gasteiger partial charge in [-0.25, -0.2) is 4.98 Å². The Bertz CT molecular complexity index is 769. The Morgan fingerprint density at radius 3 is 2.79 bits per heavy atom. The molecule has 3 rings (SSSR count). The van der Waals surface area contributed by atoms with Gasteiger partial charge in [-0.15, -0.1) is 0 Å². The SMILES string of the molecule is N#Cc1oc2ccccc2c1Oc1ccc(N)cn1. The zero-order chi connectivity index (χ0) is 13.2. The van der Waals surface area contributed by atoms with Crippen LogP contribution >= 0.6 is 0 Å². The number of fused-ring (bicyclic) bond motifs is 1. The van der Waals surface area contributed by atoms with Gasteiger partial charge >= 0.3 is 0 Å². The number of benzene rings is 1. The molecule has 0 radical (unpaired) electrons. The number of nitrogen functional groups attached to an aromatic ring is 1. The average molecular weight is 251 g/mol. The highest BCUT2D eigenvalue weighted by atomic mass is 16.5. The third kappa shape index (κ3) is 1.96. The molecule has 3 aromatic rings. The Balaban J connectivity index is 2.09. The Hall–Kier alpha value is -3.00. The van der Waals surface area contributed by atoms with E-state index in [0.717, 1.165) is 5.39 Å². The number of hydrogen-bond acceptors (Lipinski definition) is 5. The van der Waals surface area contributed by atoms with Crippen molar-refractivity contribution in [3.05, 3.63) is 48.4 Å². The van der Waals surface area contributed by atoms with E-state index >= 15 is 0 Å². The fourth-order valence-electron chi connectivity index (χ4n) is 1.75. The fourth-order valence-corrected chi connectivity index (χ4v) is 1.75. The predicted octanol–water partition coefficient (Wildman–Crippen LogP) is 3.07. The van der Waals surface area contributed by atoms with Crippen molar-refractivity contribution >= 4 is 16.7 Å². The Labute approximate surface area is 108 Å². The van der Waals surface area contributed by atoms with Gasteiger partial charge < -0.3 is 14.9 Å². The number of aromatic nitrogens is 1. The van der Waals surface area contributed by atoms with Crippen LogP contribution in [0.5, 0.6) is 11.6 Å². The van der Waals surface area contributed by atoms with Crippen LogP contribution in [0.15, 0.2) is 47.0 Å². The topological polar surface area (TPSA) is 85.1 Å². The van der Waals surface area contributed by atoms with Crippen LogP contribution in [0.2, 0.25) is 0 Å². The normalized spacial score (nSPS) is 10.3. The van der Waals surface area contributed by atoms with Crippen LogP contribution in [0.1, 0.15) is 5.76 Å². The lowest BCUT2D eigenvalue weighted by Crippen LogP contribution is -1.90. The average Bonchev–Trinajstić information content (AvgIpc) is 2.79. The number of furan rings is 1. The van der Waals surface area contributed by atoms with Gasteiger partial charge in [-0.2, -0.15) is 5.26 Å². The summed E-state index contributed by atoms with van der Waals surface area (Å²) in [4.78, 5) is 4.04. The summed E-state index contributed by atoms with van der Waals surface area (Å²) in [6.45, 7) is 0. The summed E-state index contributed by atoms with van der Waals surface area (Å²) in [5.74, 6) is 0.854. The molecule has 19 heavy (non-hydrogen) atoms. The summed E-state index contributed by atoms with van der Waals surface area (Å²) in [6, 6.07) is 12.6. The molecule has 0 saturated carbocycles. The standard InChI is InChI=1S/C14H9N3O2/c15-7-12-14(10-3-1-2-4-11(10)18-12)19-13-6-5-9(16)8-17-13/h1-6,8H,16H2. The molecule has 0 fully saturated rings. The van der Waals surface area contributed by atoms with Crippen molar-refractivity contribution in [1.82, 2.24) is 4.98 Å². The molecule has 0 bridgehead atoms. The number of anilines is 1. The second-order valence-corrected chi connectivity index (χ2v) is 3.90. The lowest BCUT2D eigenvalue weighted by Gasteiger charge is -2.02. The van der Waals surface area contributed by atoms with Gasteiger partial charge in [0.1, 0.15) is 11.7 Å². The van der Waals surface area contributed by atoms with Crippen LogP contribution in [-0.2, 0) is 0 Å². The molecule has 92 valence electrons. The van der Waals surface area contributed by atoms with Crippen molar-refractivity contribution in [1.29, 1.82) is 5.26 Å². The summed E-state index contributed by atoms with van der Waals surface area (Å²) >= 11 is 0. The smallest absolute Gasteiger partial charge is 0.247 e. The van der Waals surface area contributed by atoms with Gasteiger partial charge in [-0.3, -0.25) is 0 Å². The van der Waals surface area contributed by atoms with Crippen molar-refractivity contribution < 1.29 is 9.15 Å². The van der Waals surface area contributed by atoms with Crippen molar-refractivity contribution in [2.75, 3.05) is 5.73 Å². The molecule has 2 N–H and O–H groups in total. The maximum absolute atomic E-state index is 9.08. The van der Waals surface area contributed by atoms with Crippen LogP contribution in [0.25, 0.3) is 11.0 Å². The van der Waals surface area contributed by atoms with E-state index in [0.29, 0.717) is 22.9 Å². The Morgan fingerprint density at radius 1 is 1.21 bits per heavy atom. The van der Waals surface area contributed by atoms with Gasteiger partial charge in [0.05, 0.1) is 17.3 Å². The number of pyridine rings is 1. The molecule has 0 amide bonds. The molecule has 0 atom stereocenters. The predicted molar refractivity (Wildman–Crippen MR) is 69.7 cm³/mol. The number of ether oxygens (including phenoxy) is 1. The zero-order valence-corrected chi connectivity index (χ0v) is 9.83. The van der Waals surface area contributed by atoms with Crippen molar-refractivity contribution in [3.63, 3.8) is 0 Å². The van der Waals surface area contributed by atoms with E-state index in [4.69, 9.17) is 20.1 Å². The number of rotatable bonds is 2. The third-order valence-electron chi connectivity index (χ3n) is 2.62. The monoisotopic (exact) mass is 251 g/mol. The third-order valence-corrected chi connectivity index (χ3v) is 2.62.